The maximum Gasteiger partial charge on any atom is 0.308 e. The van der Waals surface area contributed by atoms with Crippen molar-refractivity contribution in [2.75, 3.05) is 0 Å². The maximum absolute atomic E-state index is 13.0. The number of ether oxygens (including phenoxy) is 1. The lowest BCUT2D eigenvalue weighted by Crippen LogP contribution is -2.04. The van der Waals surface area contributed by atoms with E-state index in [-0.39, 0.29) is 11.8 Å². The Balaban J connectivity index is 2.19. The van der Waals surface area contributed by atoms with Gasteiger partial charge in [-0.1, -0.05) is 24.3 Å². The van der Waals surface area contributed by atoms with Gasteiger partial charge in [0.15, 0.2) is 5.78 Å². The number of hydrogen-bond acceptors (Lipinski definition) is 3. The highest BCUT2D eigenvalue weighted by atomic mass is 16.5. The van der Waals surface area contributed by atoms with Crippen molar-refractivity contribution in [2.45, 2.75) is 20.8 Å². The summed E-state index contributed by atoms with van der Waals surface area (Å²) in [5.41, 5.74) is 6.22. The molecular formula is C20H17NO3. The SMILES string of the molecule is CC(=O)Oc1cc(C)c(C)c2c1c1c(n2C)-c2ccccc2C1=O. The quantitative estimate of drug-likeness (QED) is 0.394. The summed E-state index contributed by atoms with van der Waals surface area (Å²) >= 11 is 0. The van der Waals surface area contributed by atoms with Gasteiger partial charge in [-0.2, -0.15) is 0 Å². The van der Waals surface area contributed by atoms with Gasteiger partial charge in [0.2, 0.25) is 0 Å². The van der Waals surface area contributed by atoms with Gasteiger partial charge in [-0.15, -0.1) is 0 Å². The summed E-state index contributed by atoms with van der Waals surface area (Å²) in [7, 11) is 1.96. The number of carbonyl (C=O) groups is 2. The van der Waals surface area contributed by atoms with Gasteiger partial charge < -0.3 is 9.30 Å². The van der Waals surface area contributed by atoms with Gasteiger partial charge in [0.05, 0.1) is 22.2 Å². The molecule has 0 spiro atoms. The summed E-state index contributed by atoms with van der Waals surface area (Å²) in [6, 6.07) is 9.45. The highest BCUT2D eigenvalue weighted by molar-refractivity contribution is 6.28. The molecule has 0 radical (unpaired) electrons. The van der Waals surface area contributed by atoms with E-state index in [1.807, 2.05) is 55.8 Å². The topological polar surface area (TPSA) is 48.3 Å². The minimum atomic E-state index is -0.389. The van der Waals surface area contributed by atoms with Crippen LogP contribution in [0.15, 0.2) is 30.3 Å². The van der Waals surface area contributed by atoms with Crippen molar-refractivity contribution >= 4 is 22.7 Å². The minimum absolute atomic E-state index is 0.0112. The van der Waals surface area contributed by atoms with Crippen LogP contribution in [0.1, 0.15) is 34.0 Å². The van der Waals surface area contributed by atoms with Crippen LogP contribution < -0.4 is 4.74 Å². The van der Waals surface area contributed by atoms with Gasteiger partial charge in [-0.3, -0.25) is 9.59 Å². The Morgan fingerprint density at radius 3 is 2.46 bits per heavy atom. The van der Waals surface area contributed by atoms with Crippen LogP contribution >= 0.6 is 0 Å². The Bertz CT molecular complexity index is 1060. The molecule has 0 N–H and O–H groups in total. The van der Waals surface area contributed by atoms with E-state index in [9.17, 15) is 9.59 Å². The Morgan fingerprint density at radius 2 is 1.79 bits per heavy atom. The molecule has 1 aromatic heterocycles. The van der Waals surface area contributed by atoms with E-state index in [0.717, 1.165) is 33.3 Å². The Kier molecular flexibility index (Phi) is 2.94. The second-order valence-electron chi connectivity index (χ2n) is 6.29. The lowest BCUT2D eigenvalue weighted by Gasteiger charge is -2.12. The molecule has 0 unspecified atom stereocenters. The minimum Gasteiger partial charge on any atom is -0.426 e. The maximum atomic E-state index is 13.0. The Labute approximate surface area is 139 Å². The summed E-state index contributed by atoms with van der Waals surface area (Å²) in [6.07, 6.45) is 0. The number of nitrogens with zero attached hydrogens (tertiary/aromatic N) is 1. The summed E-state index contributed by atoms with van der Waals surface area (Å²) < 4.78 is 7.49. The molecule has 4 heteroatoms. The summed E-state index contributed by atoms with van der Waals surface area (Å²) in [5.74, 6) is 0.0570. The highest BCUT2D eigenvalue weighted by Gasteiger charge is 2.34. The fourth-order valence-electron chi connectivity index (χ4n) is 3.72. The third kappa shape index (κ3) is 1.74. The van der Waals surface area contributed by atoms with Crippen LogP contribution in [-0.4, -0.2) is 16.3 Å². The number of aromatic nitrogens is 1. The standard InChI is InChI=1S/C20H17NO3/c1-10-9-15(24-12(3)22)16-17-19(21(4)18(16)11(10)2)13-7-5-6-8-14(13)20(17)23/h5-9H,1-4H3. The molecule has 2 aromatic carbocycles. The molecule has 4 nitrogen and oxygen atoms in total. The normalized spacial score (nSPS) is 12.4. The number of benzene rings is 2. The van der Waals surface area contributed by atoms with Gasteiger partial charge in [0, 0.05) is 25.1 Å². The molecule has 1 aliphatic rings. The number of fused-ring (bicyclic) bond motifs is 5. The van der Waals surface area contributed by atoms with E-state index in [1.54, 1.807) is 0 Å². The van der Waals surface area contributed by atoms with Crippen molar-refractivity contribution in [3.05, 3.63) is 52.6 Å². The zero-order chi connectivity index (χ0) is 17.2. The molecule has 0 saturated heterocycles. The Morgan fingerprint density at radius 1 is 1.12 bits per heavy atom. The van der Waals surface area contributed by atoms with Crippen LogP contribution in [0.4, 0.5) is 0 Å². The fourth-order valence-corrected chi connectivity index (χ4v) is 3.72. The number of aryl methyl sites for hydroxylation is 3. The zero-order valence-corrected chi connectivity index (χ0v) is 14.1. The van der Waals surface area contributed by atoms with E-state index < -0.39 is 0 Å². The number of esters is 1. The monoisotopic (exact) mass is 319 g/mol. The van der Waals surface area contributed by atoms with Gasteiger partial charge in [-0.05, 0) is 31.0 Å². The fraction of sp³-hybridized carbons (Fsp3) is 0.200. The van der Waals surface area contributed by atoms with E-state index in [4.69, 9.17) is 4.74 Å². The molecule has 0 amide bonds. The van der Waals surface area contributed by atoms with Gasteiger partial charge >= 0.3 is 5.97 Å². The molecule has 24 heavy (non-hydrogen) atoms. The van der Waals surface area contributed by atoms with E-state index in [0.29, 0.717) is 16.9 Å². The first-order chi connectivity index (χ1) is 11.4. The molecule has 120 valence electrons. The zero-order valence-electron chi connectivity index (χ0n) is 14.1. The average Bonchev–Trinajstić information content (AvgIpc) is 2.99. The molecule has 1 aliphatic carbocycles. The molecule has 1 heterocycles. The number of ketones is 1. The first-order valence-corrected chi connectivity index (χ1v) is 7.87. The van der Waals surface area contributed by atoms with Crippen LogP contribution in [0, 0.1) is 13.8 Å². The van der Waals surface area contributed by atoms with E-state index in [2.05, 4.69) is 0 Å². The first kappa shape index (κ1) is 14.7. The number of hydrogen-bond donors (Lipinski definition) is 0. The second-order valence-corrected chi connectivity index (χ2v) is 6.29. The van der Waals surface area contributed by atoms with Crippen molar-refractivity contribution in [1.82, 2.24) is 4.57 Å². The van der Waals surface area contributed by atoms with Gasteiger partial charge in [0.25, 0.3) is 0 Å². The van der Waals surface area contributed by atoms with Crippen LogP contribution in [0.25, 0.3) is 22.2 Å². The van der Waals surface area contributed by atoms with Crippen LogP contribution in [0.2, 0.25) is 0 Å². The lowest BCUT2D eigenvalue weighted by molar-refractivity contribution is -0.131. The molecule has 3 aromatic rings. The highest BCUT2D eigenvalue weighted by Crippen LogP contribution is 2.46. The first-order valence-electron chi connectivity index (χ1n) is 7.87. The van der Waals surface area contributed by atoms with Crippen LogP contribution in [0.5, 0.6) is 5.75 Å². The predicted molar refractivity (Wildman–Crippen MR) is 92.6 cm³/mol. The van der Waals surface area contributed by atoms with Gasteiger partial charge in [0.1, 0.15) is 5.75 Å². The molecule has 0 saturated carbocycles. The molecular weight excluding hydrogens is 302 g/mol. The van der Waals surface area contributed by atoms with Crippen molar-refractivity contribution in [3.63, 3.8) is 0 Å². The van der Waals surface area contributed by atoms with Crippen molar-refractivity contribution < 1.29 is 14.3 Å². The third-order valence-corrected chi connectivity index (χ3v) is 4.84. The molecule has 0 atom stereocenters. The largest absolute Gasteiger partial charge is 0.426 e. The van der Waals surface area contributed by atoms with Crippen LogP contribution in [0.3, 0.4) is 0 Å². The van der Waals surface area contributed by atoms with Crippen LogP contribution in [-0.2, 0) is 11.8 Å². The van der Waals surface area contributed by atoms with Crippen molar-refractivity contribution in [2.24, 2.45) is 7.05 Å². The molecule has 0 bridgehead atoms. The average molecular weight is 319 g/mol. The van der Waals surface area contributed by atoms with Gasteiger partial charge in [-0.25, -0.2) is 0 Å². The molecule has 4 rings (SSSR count). The number of carbonyl (C=O) groups excluding carboxylic acids is 2. The van der Waals surface area contributed by atoms with E-state index in [1.165, 1.54) is 6.92 Å². The summed E-state index contributed by atoms with van der Waals surface area (Å²) in [4.78, 5) is 24.5. The van der Waals surface area contributed by atoms with E-state index >= 15 is 0 Å². The lowest BCUT2D eigenvalue weighted by atomic mass is 10.0. The smallest absolute Gasteiger partial charge is 0.308 e. The summed E-state index contributed by atoms with van der Waals surface area (Å²) in [5, 5.41) is 0.729. The third-order valence-electron chi connectivity index (χ3n) is 4.84. The summed E-state index contributed by atoms with van der Waals surface area (Å²) in [6.45, 7) is 5.39. The predicted octanol–water partition coefficient (Wildman–Crippen LogP) is 3.93. The second kappa shape index (κ2) is 4.81. The molecule has 0 fully saturated rings. The number of rotatable bonds is 1. The van der Waals surface area contributed by atoms with Crippen molar-refractivity contribution in [3.8, 4) is 17.0 Å². The Hall–Kier alpha value is -2.88. The van der Waals surface area contributed by atoms with Crippen molar-refractivity contribution in [1.29, 1.82) is 0 Å². The molecule has 0 aliphatic heterocycles.